The molecule has 0 aliphatic carbocycles. The summed E-state index contributed by atoms with van der Waals surface area (Å²) in [5.74, 6) is -2.43. The third kappa shape index (κ3) is 8.68. The average Bonchev–Trinajstić information content (AvgIpc) is 3.46. The monoisotopic (exact) mass is 1060 g/mol. The van der Waals surface area contributed by atoms with Crippen molar-refractivity contribution in [3.63, 3.8) is 0 Å². The largest absolute Gasteiger partial charge is 0.508 e. The van der Waals surface area contributed by atoms with E-state index in [1.807, 2.05) is 0 Å². The first-order valence-corrected chi connectivity index (χ1v) is 23.2. The van der Waals surface area contributed by atoms with Gasteiger partial charge in [-0.15, -0.1) is 0 Å². The highest BCUT2D eigenvalue weighted by Crippen LogP contribution is 2.52. The van der Waals surface area contributed by atoms with E-state index in [2.05, 4.69) is 0 Å². The summed E-state index contributed by atoms with van der Waals surface area (Å²) in [6.07, 6.45) is -17.5. The van der Waals surface area contributed by atoms with Crippen LogP contribution in [0.25, 0.3) is 61.7 Å². The van der Waals surface area contributed by atoms with Crippen molar-refractivity contribution < 1.29 is 117 Å². The van der Waals surface area contributed by atoms with Crippen molar-refractivity contribution in [2.75, 3.05) is 41.7 Å². The number of hydrogen-bond acceptors (Lipinski definition) is 23. The van der Waals surface area contributed by atoms with Gasteiger partial charge in [-0.05, 0) is 37.3 Å². The molecule has 24 heteroatoms. The van der Waals surface area contributed by atoms with E-state index < -0.39 is 74.6 Å². The molecule has 5 aromatic rings. The molecule has 0 unspecified atom stereocenters. The summed E-state index contributed by atoms with van der Waals surface area (Å²) in [7, 11) is 5.18. The lowest BCUT2D eigenvalue weighted by molar-refractivity contribution is -0.284. The molecule has 2 fully saturated rings. The van der Waals surface area contributed by atoms with Crippen LogP contribution in [-0.2, 0) is 14.2 Å². The first-order valence-electron chi connectivity index (χ1n) is 23.2. The summed E-state index contributed by atoms with van der Waals surface area (Å²) in [5, 5.41) is 130. The van der Waals surface area contributed by atoms with E-state index in [1.165, 1.54) is 89.1 Å². The van der Waals surface area contributed by atoms with Crippen molar-refractivity contribution in [1.29, 1.82) is 0 Å². The zero-order chi connectivity index (χ0) is 54.2. The Morgan fingerprint density at radius 3 is 1.62 bits per heavy atom. The minimum Gasteiger partial charge on any atom is -0.508 e. The lowest BCUT2D eigenvalue weighted by Crippen LogP contribution is -2.60. The van der Waals surface area contributed by atoms with Crippen molar-refractivity contribution in [3.05, 3.63) is 83.0 Å². The summed E-state index contributed by atoms with van der Waals surface area (Å²) in [6, 6.07) is 13.6. The Balaban J connectivity index is 1.25. The number of aliphatic hydroxyl groups is 8. The van der Waals surface area contributed by atoms with Crippen LogP contribution in [0.5, 0.6) is 57.5 Å². The first-order chi connectivity index (χ1) is 36.4. The lowest BCUT2D eigenvalue weighted by Gasteiger charge is -2.40. The predicted molar refractivity (Wildman–Crippen MR) is 259 cm³/mol. The summed E-state index contributed by atoms with van der Waals surface area (Å²) >= 11 is 0. The van der Waals surface area contributed by atoms with E-state index in [0.29, 0.717) is 0 Å². The topological polar surface area (TPSA) is 363 Å². The SMILES string of the molecule is COc1cc(C2=C(O[C@@H]3O[C@H](CO)[C@@H](O)[C@H](O)[C@H]3O)c3cc(C(C)=c4cc5c(O[C@@H]6O[C@H](CO)[C@@H](O)[C@H](O)[C@H]6O)c(-c6cc(OC)c(O)c(OC)c6)oc6cc(O)cc(o4)c6-5)[o+]c4cc(O)cc(c34)O2)cc(OC)c1O. The molecule has 76 heavy (non-hydrogen) atoms. The van der Waals surface area contributed by atoms with Gasteiger partial charge in [0.1, 0.15) is 88.0 Å². The Hall–Kier alpha value is -7.75. The molecule has 0 spiro atoms. The molecule has 10 rings (SSSR count). The normalized spacial score (nSPS) is 24.9. The molecule has 402 valence electrons. The van der Waals surface area contributed by atoms with Gasteiger partial charge in [0, 0.05) is 34.9 Å². The van der Waals surface area contributed by atoms with Gasteiger partial charge in [0.05, 0.1) is 70.5 Å². The molecule has 5 aliphatic rings. The number of methoxy groups -OCH3 is 4. The van der Waals surface area contributed by atoms with E-state index in [4.69, 9.17) is 55.9 Å². The Kier molecular flexibility index (Phi) is 13.7. The Labute approximate surface area is 428 Å². The number of rotatable bonds is 13. The fraction of sp³-hybridized carbons (Fsp3) is 0.327. The van der Waals surface area contributed by atoms with Gasteiger partial charge in [-0.2, -0.15) is 0 Å². The van der Waals surface area contributed by atoms with E-state index in [0.717, 1.165) is 0 Å². The van der Waals surface area contributed by atoms with Gasteiger partial charge in [0.2, 0.25) is 24.1 Å². The fourth-order valence-electron chi connectivity index (χ4n) is 9.34. The maximum absolute atomic E-state index is 11.3. The van der Waals surface area contributed by atoms with E-state index >= 15 is 0 Å². The van der Waals surface area contributed by atoms with Crippen molar-refractivity contribution in [2.45, 2.75) is 68.3 Å². The van der Waals surface area contributed by atoms with E-state index in [9.17, 15) is 61.3 Å². The number of aromatic hydroxyl groups is 4. The standard InChI is InChI=1S/C52H50O24/c1-18(25-14-23-37-27(69-25)10-21(55)12-29(37)71-47(19-6-31(65-2)39(57)32(7-19)66-3)49(23)75-51-45(63)43(61)41(59)35(16-53)73-51)26-15-24-38-28(70-26)11-22(56)13-30(38)72-48(20-8-33(67-4)40(58)34(9-20)68-5)50(24)76-52-46(64)44(62)42(60)36(17-54)74-52/h6-15,35-36,41-46,51-54,59-64H,16-17H2,1-5H3,(H3-,55,56,57,58)/p+1/t35-,36-,41-,42-,43+,44+,45-,46-,51+,52+/m1/s1. The highest BCUT2D eigenvalue weighted by molar-refractivity contribution is 6.04. The highest BCUT2D eigenvalue weighted by Gasteiger charge is 2.48. The van der Waals surface area contributed by atoms with Gasteiger partial charge < -0.3 is 113 Å². The third-order valence-electron chi connectivity index (χ3n) is 13.3. The number of phenolic OH excluding ortho intramolecular Hbond substituents is 4. The zero-order valence-corrected chi connectivity index (χ0v) is 40.7. The smallest absolute Gasteiger partial charge is 0.369 e. The van der Waals surface area contributed by atoms with Crippen molar-refractivity contribution in [1.82, 2.24) is 0 Å². The van der Waals surface area contributed by atoms with Crippen LogP contribution in [-0.4, -0.2) is 164 Å². The zero-order valence-electron chi connectivity index (χ0n) is 40.7. The number of aliphatic hydroxyl groups excluding tert-OH is 8. The molecule has 12 N–H and O–H groups in total. The summed E-state index contributed by atoms with van der Waals surface area (Å²) < 4.78 is 72.2. The van der Waals surface area contributed by atoms with Crippen molar-refractivity contribution in [3.8, 4) is 79.9 Å². The second kappa shape index (κ2) is 20.1. The molecular formula is C52H51O24+. The van der Waals surface area contributed by atoms with Gasteiger partial charge >= 0.3 is 11.3 Å². The Morgan fingerprint density at radius 1 is 0.566 bits per heavy atom. The van der Waals surface area contributed by atoms with Gasteiger partial charge in [-0.25, -0.2) is 4.42 Å². The van der Waals surface area contributed by atoms with E-state index in [-0.39, 0.29) is 141 Å². The van der Waals surface area contributed by atoms with Crippen LogP contribution >= 0.6 is 0 Å². The predicted octanol–water partition coefficient (Wildman–Crippen LogP) is 2.40. The summed E-state index contributed by atoms with van der Waals surface area (Å²) in [6.45, 7) is -0.00152. The molecule has 24 nitrogen and oxygen atoms in total. The molecule has 0 saturated carbocycles. The molecule has 2 saturated heterocycles. The second-order valence-corrected chi connectivity index (χ2v) is 17.9. The van der Waals surface area contributed by atoms with Crippen LogP contribution in [0.3, 0.4) is 0 Å². The molecule has 6 heterocycles. The molecule has 0 amide bonds. The van der Waals surface area contributed by atoms with Crippen LogP contribution in [0, 0.1) is 0 Å². The van der Waals surface area contributed by atoms with Crippen molar-refractivity contribution in [2.24, 2.45) is 0 Å². The van der Waals surface area contributed by atoms with Gasteiger partial charge in [0.25, 0.3) is 0 Å². The summed E-state index contributed by atoms with van der Waals surface area (Å²) in [4.78, 5) is 0. The Bertz CT molecular complexity index is 3400. The average molecular weight is 1060 g/mol. The van der Waals surface area contributed by atoms with E-state index in [1.54, 1.807) is 6.92 Å². The third-order valence-corrected chi connectivity index (χ3v) is 13.3. The molecule has 0 bridgehead atoms. The second-order valence-electron chi connectivity index (χ2n) is 17.9. The van der Waals surface area contributed by atoms with Gasteiger partial charge in [-0.1, -0.05) is 0 Å². The van der Waals surface area contributed by atoms with Crippen LogP contribution in [0.15, 0.2) is 73.9 Å². The number of hydrogen-bond donors (Lipinski definition) is 12. The molecule has 10 atom stereocenters. The minimum absolute atomic E-state index is 0.00702. The van der Waals surface area contributed by atoms with Crippen molar-refractivity contribution >= 4 is 39.2 Å². The maximum Gasteiger partial charge on any atom is 0.369 e. The van der Waals surface area contributed by atoms with Crippen LogP contribution < -0.4 is 33.8 Å². The first kappa shape index (κ1) is 51.7. The molecular weight excluding hydrogens is 1010 g/mol. The molecule has 4 aromatic carbocycles. The molecule has 0 radical (unpaired) electrons. The quantitative estimate of drug-likeness (QED) is 0.0738. The van der Waals surface area contributed by atoms with Crippen LogP contribution in [0.1, 0.15) is 23.8 Å². The van der Waals surface area contributed by atoms with Gasteiger partial charge in [0.15, 0.2) is 46.0 Å². The summed E-state index contributed by atoms with van der Waals surface area (Å²) in [5.41, 5.74) is 0.886. The Morgan fingerprint density at radius 2 is 1.08 bits per heavy atom. The number of benzene rings is 4. The van der Waals surface area contributed by atoms with Crippen LogP contribution in [0.2, 0.25) is 0 Å². The maximum atomic E-state index is 11.3. The lowest BCUT2D eigenvalue weighted by atomic mass is 9.96. The molecule has 5 aliphatic heterocycles. The number of phenols is 4. The van der Waals surface area contributed by atoms with Gasteiger partial charge in [-0.3, -0.25) is 0 Å². The highest BCUT2D eigenvalue weighted by atomic mass is 16.7. The molecule has 1 aromatic heterocycles. The van der Waals surface area contributed by atoms with Crippen LogP contribution in [0.4, 0.5) is 0 Å². The minimum atomic E-state index is -1.92. The fourth-order valence-corrected chi connectivity index (χ4v) is 9.34. The number of ether oxygens (including phenoxy) is 9.